The van der Waals surface area contributed by atoms with E-state index in [2.05, 4.69) is 21.2 Å². The Labute approximate surface area is 240 Å². The van der Waals surface area contributed by atoms with Gasteiger partial charge in [0.2, 0.25) is 21.8 Å². The Morgan fingerprint density at radius 3 is 2.03 bits per heavy atom. The van der Waals surface area contributed by atoms with Gasteiger partial charge in [-0.3, -0.25) is 13.9 Å². The van der Waals surface area contributed by atoms with E-state index in [4.69, 9.17) is 0 Å². The highest BCUT2D eigenvalue weighted by atomic mass is 79.9. The quantitative estimate of drug-likeness (QED) is 0.345. The van der Waals surface area contributed by atoms with Gasteiger partial charge in [-0.25, -0.2) is 8.42 Å². The maximum absolute atomic E-state index is 14.0. The molecule has 0 fully saturated rings. The van der Waals surface area contributed by atoms with Gasteiger partial charge in [-0.1, -0.05) is 76.1 Å². The van der Waals surface area contributed by atoms with E-state index in [9.17, 15) is 18.0 Å². The number of halogens is 1. The Hall–Kier alpha value is -3.17. The standard InChI is InChI=1S/C30H36BrN3O4S/c1-22-11-13-24(14-12-22)20-33(27(29(36)32-30(2,3)4)19-23-9-7-6-8-10-23)28(35)21-34(39(5,37)38)26-17-15-25(31)16-18-26/h6-18,27H,19-21H2,1-5H3,(H,32,36). The molecule has 3 rings (SSSR count). The lowest BCUT2D eigenvalue weighted by Crippen LogP contribution is -2.56. The van der Waals surface area contributed by atoms with Gasteiger partial charge in [0.05, 0.1) is 11.9 Å². The van der Waals surface area contributed by atoms with Crippen LogP contribution in [0, 0.1) is 6.92 Å². The lowest BCUT2D eigenvalue weighted by molar-refractivity contribution is -0.140. The Morgan fingerprint density at radius 2 is 1.49 bits per heavy atom. The normalized spacial score (nSPS) is 12.5. The number of aryl methyl sites for hydroxylation is 1. The number of nitrogens with one attached hydrogen (secondary N) is 1. The summed E-state index contributed by atoms with van der Waals surface area (Å²) >= 11 is 3.36. The highest BCUT2D eigenvalue weighted by Crippen LogP contribution is 2.23. The third-order valence-electron chi connectivity index (χ3n) is 6.04. The molecular weight excluding hydrogens is 578 g/mol. The Balaban J connectivity index is 2.06. The maximum Gasteiger partial charge on any atom is 0.244 e. The minimum Gasteiger partial charge on any atom is -0.350 e. The Kier molecular flexibility index (Phi) is 9.96. The molecule has 0 aliphatic heterocycles. The number of anilines is 1. The van der Waals surface area contributed by atoms with E-state index in [0.29, 0.717) is 5.69 Å². The van der Waals surface area contributed by atoms with E-state index >= 15 is 0 Å². The molecule has 0 aliphatic carbocycles. The second kappa shape index (κ2) is 12.8. The molecule has 208 valence electrons. The number of carbonyl (C=O) groups excluding carboxylic acids is 2. The molecule has 0 saturated carbocycles. The molecule has 3 aromatic carbocycles. The van der Waals surface area contributed by atoms with Gasteiger partial charge < -0.3 is 10.2 Å². The SMILES string of the molecule is Cc1ccc(CN(C(=O)CN(c2ccc(Br)cc2)S(C)(=O)=O)C(Cc2ccccc2)C(=O)NC(C)(C)C)cc1. The first-order valence-corrected chi connectivity index (χ1v) is 15.3. The van der Waals surface area contributed by atoms with E-state index in [1.807, 2.05) is 82.3 Å². The van der Waals surface area contributed by atoms with Crippen LogP contribution in [0.2, 0.25) is 0 Å². The Bertz CT molecular complexity index is 1370. The number of hydrogen-bond acceptors (Lipinski definition) is 4. The van der Waals surface area contributed by atoms with Crippen molar-refractivity contribution in [1.82, 2.24) is 10.2 Å². The number of sulfonamides is 1. The van der Waals surface area contributed by atoms with Crippen LogP contribution >= 0.6 is 15.9 Å². The molecule has 9 heteroatoms. The predicted octanol–water partition coefficient (Wildman–Crippen LogP) is 5.08. The first kappa shape index (κ1) is 30.4. The van der Waals surface area contributed by atoms with E-state index < -0.39 is 34.1 Å². The van der Waals surface area contributed by atoms with Gasteiger partial charge in [0.1, 0.15) is 12.6 Å². The summed E-state index contributed by atoms with van der Waals surface area (Å²) in [6.07, 6.45) is 1.35. The molecule has 0 heterocycles. The largest absolute Gasteiger partial charge is 0.350 e. The summed E-state index contributed by atoms with van der Waals surface area (Å²) in [5, 5.41) is 3.02. The molecule has 1 N–H and O–H groups in total. The molecule has 0 spiro atoms. The third kappa shape index (κ3) is 9.21. The van der Waals surface area contributed by atoms with Crippen LogP contribution in [0.5, 0.6) is 0 Å². The van der Waals surface area contributed by atoms with E-state index in [1.54, 1.807) is 24.3 Å². The molecule has 39 heavy (non-hydrogen) atoms. The predicted molar refractivity (Wildman–Crippen MR) is 160 cm³/mol. The average Bonchev–Trinajstić information content (AvgIpc) is 2.85. The van der Waals surface area contributed by atoms with Gasteiger partial charge >= 0.3 is 0 Å². The van der Waals surface area contributed by atoms with Crippen molar-refractivity contribution < 1.29 is 18.0 Å². The lowest BCUT2D eigenvalue weighted by Gasteiger charge is -2.35. The van der Waals surface area contributed by atoms with Gasteiger partial charge in [-0.2, -0.15) is 0 Å². The summed E-state index contributed by atoms with van der Waals surface area (Å²) in [6.45, 7) is 7.33. The summed E-state index contributed by atoms with van der Waals surface area (Å²) in [6, 6.07) is 23.1. The van der Waals surface area contributed by atoms with Crippen LogP contribution in [0.15, 0.2) is 83.3 Å². The van der Waals surface area contributed by atoms with Crippen molar-refractivity contribution in [1.29, 1.82) is 0 Å². The Morgan fingerprint density at radius 1 is 0.897 bits per heavy atom. The highest BCUT2D eigenvalue weighted by Gasteiger charge is 2.34. The molecule has 1 unspecified atom stereocenters. The van der Waals surface area contributed by atoms with Crippen LogP contribution in [-0.4, -0.2) is 49.5 Å². The van der Waals surface area contributed by atoms with E-state index in [-0.39, 0.29) is 18.9 Å². The average molecular weight is 615 g/mol. The lowest BCUT2D eigenvalue weighted by atomic mass is 10.0. The summed E-state index contributed by atoms with van der Waals surface area (Å²) in [4.78, 5) is 29.2. The second-order valence-electron chi connectivity index (χ2n) is 10.7. The van der Waals surface area contributed by atoms with Crippen molar-refractivity contribution in [3.8, 4) is 0 Å². The molecule has 0 aromatic heterocycles. The molecule has 0 radical (unpaired) electrons. The first-order chi connectivity index (χ1) is 18.2. The minimum absolute atomic E-state index is 0.145. The van der Waals surface area contributed by atoms with Gasteiger partial charge in [-0.15, -0.1) is 0 Å². The maximum atomic E-state index is 14.0. The fourth-order valence-electron chi connectivity index (χ4n) is 4.12. The van der Waals surface area contributed by atoms with Crippen molar-refractivity contribution in [2.45, 2.75) is 52.2 Å². The molecule has 2 amide bonds. The van der Waals surface area contributed by atoms with Crippen molar-refractivity contribution in [2.24, 2.45) is 0 Å². The van der Waals surface area contributed by atoms with Crippen LogP contribution < -0.4 is 9.62 Å². The van der Waals surface area contributed by atoms with Crippen LogP contribution in [0.25, 0.3) is 0 Å². The third-order valence-corrected chi connectivity index (χ3v) is 7.71. The zero-order chi connectivity index (χ0) is 28.8. The van der Waals surface area contributed by atoms with E-state index in [1.165, 1.54) is 4.90 Å². The van der Waals surface area contributed by atoms with Gasteiger partial charge in [-0.05, 0) is 63.1 Å². The molecule has 1 atom stereocenters. The fourth-order valence-corrected chi connectivity index (χ4v) is 5.23. The highest BCUT2D eigenvalue weighted by molar-refractivity contribution is 9.10. The zero-order valence-corrected chi connectivity index (χ0v) is 25.4. The van der Waals surface area contributed by atoms with Crippen molar-refractivity contribution in [3.63, 3.8) is 0 Å². The van der Waals surface area contributed by atoms with Gasteiger partial charge in [0.15, 0.2) is 0 Å². The van der Waals surface area contributed by atoms with Crippen LogP contribution in [0.4, 0.5) is 5.69 Å². The first-order valence-electron chi connectivity index (χ1n) is 12.7. The summed E-state index contributed by atoms with van der Waals surface area (Å²) in [5.74, 6) is -0.782. The van der Waals surface area contributed by atoms with Crippen molar-refractivity contribution >= 4 is 43.5 Å². The number of amides is 2. The fraction of sp³-hybridized carbons (Fsp3) is 0.333. The van der Waals surface area contributed by atoms with Crippen LogP contribution in [-0.2, 0) is 32.6 Å². The molecule has 3 aromatic rings. The second-order valence-corrected chi connectivity index (χ2v) is 13.5. The topological polar surface area (TPSA) is 86.8 Å². The van der Waals surface area contributed by atoms with Crippen LogP contribution in [0.3, 0.4) is 0 Å². The number of carbonyl (C=O) groups is 2. The van der Waals surface area contributed by atoms with Crippen molar-refractivity contribution in [2.75, 3.05) is 17.1 Å². The smallest absolute Gasteiger partial charge is 0.244 e. The monoisotopic (exact) mass is 613 g/mol. The number of hydrogen-bond donors (Lipinski definition) is 1. The van der Waals surface area contributed by atoms with Gasteiger partial charge in [0, 0.05) is 23.0 Å². The molecule has 0 saturated heterocycles. The number of nitrogens with zero attached hydrogens (tertiary/aromatic N) is 2. The molecule has 0 bridgehead atoms. The number of rotatable bonds is 10. The van der Waals surface area contributed by atoms with Crippen LogP contribution in [0.1, 0.15) is 37.5 Å². The molecule has 0 aliphatic rings. The molecule has 7 nitrogen and oxygen atoms in total. The zero-order valence-electron chi connectivity index (χ0n) is 23.0. The molecular formula is C30H36BrN3O4S. The van der Waals surface area contributed by atoms with E-state index in [0.717, 1.165) is 31.7 Å². The van der Waals surface area contributed by atoms with Crippen molar-refractivity contribution in [3.05, 3.63) is 100 Å². The summed E-state index contributed by atoms with van der Waals surface area (Å²) < 4.78 is 27.5. The number of benzene rings is 3. The summed E-state index contributed by atoms with van der Waals surface area (Å²) in [5.41, 5.74) is 2.64. The van der Waals surface area contributed by atoms with Gasteiger partial charge in [0.25, 0.3) is 0 Å². The minimum atomic E-state index is -3.80. The summed E-state index contributed by atoms with van der Waals surface area (Å²) in [7, 11) is -3.80.